The summed E-state index contributed by atoms with van der Waals surface area (Å²) in [5.41, 5.74) is 4.85. The van der Waals surface area contributed by atoms with E-state index in [9.17, 15) is 4.79 Å². The van der Waals surface area contributed by atoms with Crippen molar-refractivity contribution in [2.75, 3.05) is 18.4 Å². The first-order valence-corrected chi connectivity index (χ1v) is 9.40. The molecule has 0 aliphatic heterocycles. The summed E-state index contributed by atoms with van der Waals surface area (Å²) in [4.78, 5) is 12.6. The summed E-state index contributed by atoms with van der Waals surface area (Å²) in [7, 11) is 0. The lowest BCUT2D eigenvalue weighted by atomic mass is 10.1. The van der Waals surface area contributed by atoms with Gasteiger partial charge in [-0.15, -0.1) is 0 Å². The number of hydrogen-bond donors (Lipinski definition) is 2. The van der Waals surface area contributed by atoms with Gasteiger partial charge in [0.05, 0.1) is 23.1 Å². The standard InChI is InChI=1S/C22H26N4O/c1-3-21-20(16-25-26(21)19-12-10-17(2)11-13-19)22(27)24-15-7-14-23-18-8-5-4-6-9-18/h4-6,8-13,16,23H,3,7,14-15H2,1-2H3,(H,24,27). The fraction of sp³-hybridized carbons (Fsp3) is 0.273. The molecule has 0 saturated carbocycles. The summed E-state index contributed by atoms with van der Waals surface area (Å²) in [5, 5.41) is 10.8. The zero-order valence-corrected chi connectivity index (χ0v) is 15.9. The number of carbonyl (C=O) groups is 1. The molecule has 0 fully saturated rings. The molecule has 0 aliphatic carbocycles. The molecule has 1 amide bonds. The third-order valence-electron chi connectivity index (χ3n) is 4.47. The van der Waals surface area contributed by atoms with Crippen LogP contribution in [0.15, 0.2) is 60.8 Å². The van der Waals surface area contributed by atoms with E-state index in [4.69, 9.17) is 0 Å². The molecule has 0 unspecified atom stereocenters. The summed E-state index contributed by atoms with van der Waals surface area (Å²) >= 11 is 0. The molecule has 0 saturated heterocycles. The van der Waals surface area contributed by atoms with E-state index in [1.807, 2.05) is 54.1 Å². The minimum atomic E-state index is -0.0649. The number of carbonyl (C=O) groups excluding carboxylic acids is 1. The Morgan fingerprint density at radius 3 is 2.48 bits per heavy atom. The van der Waals surface area contributed by atoms with Gasteiger partial charge in [-0.1, -0.05) is 42.8 Å². The van der Waals surface area contributed by atoms with Crippen molar-refractivity contribution in [1.82, 2.24) is 15.1 Å². The van der Waals surface area contributed by atoms with Gasteiger partial charge in [0, 0.05) is 18.8 Å². The van der Waals surface area contributed by atoms with E-state index in [-0.39, 0.29) is 5.91 Å². The number of aryl methyl sites for hydroxylation is 1. The average molecular weight is 362 g/mol. The maximum Gasteiger partial charge on any atom is 0.254 e. The molecule has 3 rings (SSSR count). The average Bonchev–Trinajstić information content (AvgIpc) is 3.13. The lowest BCUT2D eigenvalue weighted by Gasteiger charge is -2.09. The maximum atomic E-state index is 12.6. The Balaban J connectivity index is 1.56. The molecule has 5 nitrogen and oxygen atoms in total. The van der Waals surface area contributed by atoms with Crippen molar-refractivity contribution in [3.63, 3.8) is 0 Å². The Morgan fingerprint density at radius 2 is 1.78 bits per heavy atom. The van der Waals surface area contributed by atoms with Gasteiger partial charge < -0.3 is 10.6 Å². The third kappa shape index (κ3) is 4.76. The largest absolute Gasteiger partial charge is 0.385 e. The second kappa shape index (κ2) is 9.03. The van der Waals surface area contributed by atoms with Gasteiger partial charge in [-0.2, -0.15) is 5.10 Å². The Bertz CT molecular complexity index is 869. The molecule has 0 bridgehead atoms. The second-order valence-electron chi connectivity index (χ2n) is 6.51. The highest BCUT2D eigenvalue weighted by molar-refractivity contribution is 5.95. The van der Waals surface area contributed by atoms with Crippen LogP contribution in [0.5, 0.6) is 0 Å². The number of rotatable bonds is 8. The van der Waals surface area contributed by atoms with Crippen LogP contribution in [0.4, 0.5) is 5.69 Å². The Labute approximate surface area is 160 Å². The highest BCUT2D eigenvalue weighted by atomic mass is 16.1. The van der Waals surface area contributed by atoms with E-state index in [1.165, 1.54) is 5.56 Å². The van der Waals surface area contributed by atoms with Gasteiger partial charge in [-0.25, -0.2) is 4.68 Å². The zero-order chi connectivity index (χ0) is 19.1. The highest BCUT2D eigenvalue weighted by Gasteiger charge is 2.16. The molecule has 27 heavy (non-hydrogen) atoms. The first-order valence-electron chi connectivity index (χ1n) is 9.40. The molecule has 0 atom stereocenters. The molecular formula is C22H26N4O. The fourth-order valence-corrected chi connectivity index (χ4v) is 2.99. The van der Waals surface area contributed by atoms with Gasteiger partial charge in [0.15, 0.2) is 0 Å². The minimum Gasteiger partial charge on any atom is -0.385 e. The summed E-state index contributed by atoms with van der Waals surface area (Å²) in [6.07, 6.45) is 3.26. The van der Waals surface area contributed by atoms with Gasteiger partial charge in [0.1, 0.15) is 0 Å². The molecule has 2 aromatic carbocycles. The van der Waals surface area contributed by atoms with E-state index in [2.05, 4.69) is 34.8 Å². The number of amides is 1. The topological polar surface area (TPSA) is 59.0 Å². The van der Waals surface area contributed by atoms with Crippen molar-refractivity contribution in [1.29, 1.82) is 0 Å². The fourth-order valence-electron chi connectivity index (χ4n) is 2.99. The van der Waals surface area contributed by atoms with E-state index in [0.29, 0.717) is 12.1 Å². The first-order chi connectivity index (χ1) is 13.2. The van der Waals surface area contributed by atoms with Gasteiger partial charge >= 0.3 is 0 Å². The number of aromatic nitrogens is 2. The predicted octanol–water partition coefficient (Wildman–Crippen LogP) is 3.98. The van der Waals surface area contributed by atoms with Crippen molar-refractivity contribution in [2.45, 2.75) is 26.7 Å². The summed E-state index contributed by atoms with van der Waals surface area (Å²) in [5.74, 6) is -0.0649. The van der Waals surface area contributed by atoms with Crippen LogP contribution in [-0.2, 0) is 6.42 Å². The number of nitrogens with zero attached hydrogens (tertiary/aromatic N) is 2. The van der Waals surface area contributed by atoms with Crippen LogP contribution in [0.3, 0.4) is 0 Å². The number of para-hydroxylation sites is 1. The molecule has 1 aromatic heterocycles. The van der Waals surface area contributed by atoms with Crippen molar-refractivity contribution >= 4 is 11.6 Å². The molecule has 0 spiro atoms. The Kier molecular flexibility index (Phi) is 6.26. The Hall–Kier alpha value is -3.08. The molecule has 140 valence electrons. The zero-order valence-electron chi connectivity index (χ0n) is 15.9. The normalized spacial score (nSPS) is 10.6. The van der Waals surface area contributed by atoms with Crippen molar-refractivity contribution in [3.05, 3.63) is 77.6 Å². The smallest absolute Gasteiger partial charge is 0.254 e. The molecule has 5 heteroatoms. The van der Waals surface area contributed by atoms with Crippen molar-refractivity contribution < 1.29 is 4.79 Å². The molecule has 0 aliphatic rings. The first kappa shape index (κ1) is 18.7. The van der Waals surface area contributed by atoms with Crippen LogP contribution in [0.1, 0.15) is 35.0 Å². The minimum absolute atomic E-state index is 0.0649. The van der Waals surface area contributed by atoms with E-state index in [0.717, 1.165) is 36.5 Å². The van der Waals surface area contributed by atoms with Crippen LogP contribution < -0.4 is 10.6 Å². The van der Waals surface area contributed by atoms with Crippen LogP contribution in [0.25, 0.3) is 5.69 Å². The van der Waals surface area contributed by atoms with Crippen LogP contribution in [0, 0.1) is 6.92 Å². The summed E-state index contributed by atoms with van der Waals surface area (Å²) in [6.45, 7) is 5.53. The molecule has 2 N–H and O–H groups in total. The Morgan fingerprint density at radius 1 is 1.04 bits per heavy atom. The quantitative estimate of drug-likeness (QED) is 0.596. The van der Waals surface area contributed by atoms with E-state index in [1.54, 1.807) is 6.20 Å². The van der Waals surface area contributed by atoms with Gasteiger partial charge in [0.2, 0.25) is 0 Å². The predicted molar refractivity (Wildman–Crippen MR) is 110 cm³/mol. The van der Waals surface area contributed by atoms with Crippen LogP contribution in [-0.4, -0.2) is 28.8 Å². The second-order valence-corrected chi connectivity index (χ2v) is 6.51. The molecule has 0 radical (unpaired) electrons. The SMILES string of the molecule is CCc1c(C(=O)NCCCNc2ccccc2)cnn1-c1ccc(C)cc1. The number of anilines is 1. The van der Waals surface area contributed by atoms with Gasteiger partial charge in [-0.05, 0) is 44.0 Å². The van der Waals surface area contributed by atoms with Crippen LogP contribution >= 0.6 is 0 Å². The van der Waals surface area contributed by atoms with E-state index < -0.39 is 0 Å². The van der Waals surface area contributed by atoms with Crippen molar-refractivity contribution in [2.24, 2.45) is 0 Å². The lowest BCUT2D eigenvalue weighted by molar-refractivity contribution is 0.0952. The maximum absolute atomic E-state index is 12.6. The highest BCUT2D eigenvalue weighted by Crippen LogP contribution is 2.16. The van der Waals surface area contributed by atoms with E-state index >= 15 is 0 Å². The third-order valence-corrected chi connectivity index (χ3v) is 4.47. The molecule has 1 heterocycles. The van der Waals surface area contributed by atoms with Crippen LogP contribution in [0.2, 0.25) is 0 Å². The lowest BCUT2D eigenvalue weighted by Crippen LogP contribution is -2.26. The summed E-state index contributed by atoms with van der Waals surface area (Å²) < 4.78 is 1.85. The number of nitrogens with one attached hydrogen (secondary N) is 2. The monoisotopic (exact) mass is 362 g/mol. The molecule has 3 aromatic rings. The van der Waals surface area contributed by atoms with Crippen molar-refractivity contribution in [3.8, 4) is 5.69 Å². The van der Waals surface area contributed by atoms with Gasteiger partial charge in [-0.3, -0.25) is 4.79 Å². The number of hydrogen-bond acceptors (Lipinski definition) is 3. The molecular weight excluding hydrogens is 336 g/mol. The summed E-state index contributed by atoms with van der Waals surface area (Å²) in [6, 6.07) is 18.2. The number of benzene rings is 2. The van der Waals surface area contributed by atoms with Gasteiger partial charge in [0.25, 0.3) is 5.91 Å².